The molecule has 0 bridgehead atoms. The second-order valence-corrected chi connectivity index (χ2v) is 12.2. The van der Waals surface area contributed by atoms with E-state index in [0.717, 1.165) is 50.9 Å². The molecule has 0 aliphatic carbocycles. The van der Waals surface area contributed by atoms with E-state index in [2.05, 4.69) is 85.8 Å². The maximum absolute atomic E-state index is 5.73. The predicted octanol–water partition coefficient (Wildman–Crippen LogP) is 5.59. The summed E-state index contributed by atoms with van der Waals surface area (Å²) in [6, 6.07) is 8.67. The lowest BCUT2D eigenvalue weighted by Gasteiger charge is -2.32. The van der Waals surface area contributed by atoms with Gasteiger partial charge in [-0.15, -0.1) is 0 Å². The highest BCUT2D eigenvalue weighted by Gasteiger charge is 2.23. The number of hydrogen-bond donors (Lipinski definition) is 2. The summed E-state index contributed by atoms with van der Waals surface area (Å²) in [5, 5.41) is 8.04. The van der Waals surface area contributed by atoms with E-state index in [9.17, 15) is 0 Å². The van der Waals surface area contributed by atoms with Gasteiger partial charge in [0.15, 0.2) is 0 Å². The summed E-state index contributed by atoms with van der Waals surface area (Å²) in [5.41, 5.74) is 6.25. The quantitative estimate of drug-likeness (QED) is 0.292. The molecule has 0 saturated carbocycles. The average Bonchev–Trinajstić information content (AvgIpc) is 2.87. The van der Waals surface area contributed by atoms with Crippen LogP contribution in [0.5, 0.6) is 5.75 Å². The molecule has 4 aromatic rings. The number of likely N-dealkylation sites (N-methyl/N-ethyl adjacent to an activating group) is 1. The van der Waals surface area contributed by atoms with E-state index in [1.165, 1.54) is 11.1 Å². The molecule has 2 N–H and O–H groups in total. The number of methoxy groups -OCH3 is 1. The first kappa shape index (κ1) is 24.8. The van der Waals surface area contributed by atoms with Crippen molar-refractivity contribution in [2.75, 3.05) is 44.7 Å². The van der Waals surface area contributed by atoms with Gasteiger partial charge in [-0.3, -0.25) is 14.9 Å². The maximum Gasteiger partial charge on any atom is 0.229 e. The van der Waals surface area contributed by atoms with Crippen LogP contribution in [0.2, 0.25) is 0 Å². The molecule has 0 spiro atoms. The smallest absolute Gasteiger partial charge is 0.229 e. The summed E-state index contributed by atoms with van der Waals surface area (Å²) in [6.45, 7) is 7.68. The van der Waals surface area contributed by atoms with Gasteiger partial charge in [0.2, 0.25) is 5.95 Å². The molecule has 1 aliphatic heterocycles. The molecule has 3 heterocycles. The lowest BCUT2D eigenvalue weighted by atomic mass is 9.93. The normalized spacial score (nSPS) is 15.7. The number of benzene rings is 2. The molecule has 5 rings (SSSR count). The van der Waals surface area contributed by atoms with Crippen LogP contribution < -0.4 is 20.7 Å². The van der Waals surface area contributed by atoms with Crippen LogP contribution in [0.15, 0.2) is 47.3 Å². The molecule has 10 heteroatoms. The van der Waals surface area contributed by atoms with Crippen LogP contribution >= 0.6 is 23.9 Å². The third-order valence-corrected chi connectivity index (χ3v) is 8.54. The van der Waals surface area contributed by atoms with Crippen LogP contribution in [0.25, 0.3) is 11.0 Å². The molecule has 8 nitrogen and oxygen atoms in total. The maximum atomic E-state index is 5.73. The first-order chi connectivity index (χ1) is 17.4. The van der Waals surface area contributed by atoms with Crippen molar-refractivity contribution >= 4 is 63.3 Å². The molecule has 186 valence electrons. The molecule has 0 radical (unpaired) electrons. The van der Waals surface area contributed by atoms with Gasteiger partial charge in [0.05, 0.1) is 28.3 Å². The number of halogens is 1. The zero-order valence-electron chi connectivity index (χ0n) is 21.0. The molecule has 0 amide bonds. The molecule has 0 saturated heterocycles. The van der Waals surface area contributed by atoms with Crippen LogP contribution in [0.3, 0.4) is 0 Å². The predicted molar refractivity (Wildman–Crippen MR) is 152 cm³/mol. The second kappa shape index (κ2) is 10.2. The van der Waals surface area contributed by atoms with Crippen molar-refractivity contribution in [1.29, 1.82) is 0 Å². The summed E-state index contributed by atoms with van der Waals surface area (Å²) in [4.78, 5) is 20.7. The van der Waals surface area contributed by atoms with Gasteiger partial charge >= 0.3 is 0 Å². The van der Waals surface area contributed by atoms with E-state index in [4.69, 9.17) is 9.72 Å². The van der Waals surface area contributed by atoms with Crippen LogP contribution in [0.4, 0.5) is 23.1 Å². The average molecular weight is 566 g/mol. The number of hydrogen-bond acceptors (Lipinski definition) is 8. The number of nitrogens with one attached hydrogen (secondary N) is 2. The van der Waals surface area contributed by atoms with E-state index in [0.29, 0.717) is 17.8 Å². The fourth-order valence-electron chi connectivity index (χ4n) is 4.58. The Balaban J connectivity index is 1.48. The van der Waals surface area contributed by atoms with Crippen molar-refractivity contribution in [3.63, 3.8) is 0 Å². The lowest BCUT2D eigenvalue weighted by Crippen LogP contribution is -2.30. The number of nitrogens with zero attached hydrogens (tertiary/aromatic N) is 5. The summed E-state index contributed by atoms with van der Waals surface area (Å²) >= 11 is 3.61. The van der Waals surface area contributed by atoms with Crippen molar-refractivity contribution < 1.29 is 4.74 Å². The SMILES string of the molecule is COc1cc2c(cc1Nc1ncc(Br)c(Nc3ccc4nccnc4c3P(C)C)n1)CCN(C)[C@@H]2C. The standard InChI is InChI=1S/C26H29BrN7OP/c1-15-17-13-22(35-3)21(12-16(17)8-11-34(15)2)32-26-30-14-18(27)25(33-26)31-20-7-6-19-23(24(20)36(4)5)29-10-9-28-19/h6-7,9-10,12-15H,8,11H2,1-5H3,(H2,30,31,32,33)/t15-/m1/s1. The van der Waals surface area contributed by atoms with Gasteiger partial charge in [-0.1, -0.05) is 7.92 Å². The van der Waals surface area contributed by atoms with Crippen LogP contribution in [0.1, 0.15) is 24.1 Å². The van der Waals surface area contributed by atoms with Gasteiger partial charge in [-0.05, 0) is 85.0 Å². The molecular formula is C26H29BrN7OP. The third-order valence-electron chi connectivity index (χ3n) is 6.61. The van der Waals surface area contributed by atoms with E-state index in [-0.39, 0.29) is 0 Å². The van der Waals surface area contributed by atoms with Crippen molar-refractivity contribution in [3.05, 3.63) is 58.5 Å². The molecule has 1 atom stereocenters. The largest absolute Gasteiger partial charge is 0.495 e. The van der Waals surface area contributed by atoms with Gasteiger partial charge in [0, 0.05) is 42.2 Å². The van der Waals surface area contributed by atoms with Crippen LogP contribution in [-0.2, 0) is 6.42 Å². The van der Waals surface area contributed by atoms with Gasteiger partial charge in [0.25, 0.3) is 0 Å². The van der Waals surface area contributed by atoms with Gasteiger partial charge in [-0.2, -0.15) is 4.98 Å². The van der Waals surface area contributed by atoms with Crippen molar-refractivity contribution in [2.24, 2.45) is 0 Å². The monoisotopic (exact) mass is 565 g/mol. The van der Waals surface area contributed by atoms with E-state index < -0.39 is 7.92 Å². The number of aromatic nitrogens is 4. The Bertz CT molecular complexity index is 1430. The van der Waals surface area contributed by atoms with Gasteiger partial charge < -0.3 is 15.4 Å². The molecular weight excluding hydrogens is 537 g/mol. The highest BCUT2D eigenvalue weighted by molar-refractivity contribution is 9.10. The molecule has 0 fully saturated rings. The van der Waals surface area contributed by atoms with Crippen molar-refractivity contribution in [3.8, 4) is 5.75 Å². The van der Waals surface area contributed by atoms with Crippen LogP contribution in [0, 0.1) is 0 Å². The Hall–Kier alpha value is -2.87. The molecule has 2 aromatic carbocycles. The van der Waals surface area contributed by atoms with Gasteiger partial charge in [0.1, 0.15) is 11.6 Å². The van der Waals surface area contributed by atoms with Crippen molar-refractivity contribution in [1.82, 2.24) is 24.8 Å². The fraction of sp³-hybridized carbons (Fsp3) is 0.308. The van der Waals surface area contributed by atoms with Crippen molar-refractivity contribution in [2.45, 2.75) is 19.4 Å². The Labute approximate surface area is 220 Å². The zero-order valence-corrected chi connectivity index (χ0v) is 23.5. The number of anilines is 4. The first-order valence-corrected chi connectivity index (χ1v) is 14.8. The highest BCUT2D eigenvalue weighted by atomic mass is 79.9. The highest BCUT2D eigenvalue weighted by Crippen LogP contribution is 2.38. The Kier molecular flexibility index (Phi) is 7.06. The van der Waals surface area contributed by atoms with E-state index >= 15 is 0 Å². The Morgan fingerprint density at radius 3 is 2.67 bits per heavy atom. The number of fused-ring (bicyclic) bond motifs is 2. The Morgan fingerprint density at radius 1 is 1.08 bits per heavy atom. The minimum Gasteiger partial charge on any atom is -0.495 e. The molecule has 0 unspecified atom stereocenters. The zero-order chi connectivity index (χ0) is 25.4. The van der Waals surface area contributed by atoms with E-state index in [1.807, 2.05) is 12.1 Å². The summed E-state index contributed by atoms with van der Waals surface area (Å²) in [6.07, 6.45) is 6.20. The molecule has 1 aliphatic rings. The topological polar surface area (TPSA) is 88.1 Å². The summed E-state index contributed by atoms with van der Waals surface area (Å²) < 4.78 is 6.50. The summed E-state index contributed by atoms with van der Waals surface area (Å²) in [5.74, 6) is 1.92. The fourth-order valence-corrected chi connectivity index (χ4v) is 6.08. The van der Waals surface area contributed by atoms with Crippen LogP contribution in [-0.4, -0.2) is 58.9 Å². The number of ether oxygens (including phenoxy) is 1. The minimum absolute atomic E-state index is 0.347. The summed E-state index contributed by atoms with van der Waals surface area (Å²) in [7, 11) is 3.40. The van der Waals surface area contributed by atoms with E-state index in [1.54, 1.807) is 25.7 Å². The molecule has 36 heavy (non-hydrogen) atoms. The second-order valence-electron chi connectivity index (χ2n) is 9.08. The first-order valence-electron chi connectivity index (χ1n) is 11.7. The van der Waals surface area contributed by atoms with Gasteiger partial charge in [-0.25, -0.2) is 4.98 Å². The Morgan fingerprint density at radius 2 is 1.89 bits per heavy atom. The third kappa shape index (κ3) is 4.75. The lowest BCUT2D eigenvalue weighted by molar-refractivity contribution is 0.247. The molecule has 2 aromatic heterocycles. The minimum atomic E-state index is -0.447. The number of rotatable bonds is 6.